The number of fused-ring (bicyclic) bond motifs is 1. The summed E-state index contributed by atoms with van der Waals surface area (Å²) < 4.78 is 4.40. The number of aliphatic hydroxyl groups is 1. The molecule has 1 spiro atoms. The zero-order chi connectivity index (χ0) is 34.1. The molecule has 0 saturated carbocycles. The van der Waals surface area contributed by atoms with Gasteiger partial charge in [0.15, 0.2) is 0 Å². The maximum absolute atomic E-state index is 15.0. The lowest BCUT2D eigenvalue weighted by molar-refractivity contribution is -0.146. The minimum atomic E-state index is -0.724. The van der Waals surface area contributed by atoms with E-state index in [1.165, 1.54) is 0 Å². The molecule has 1 aromatic carbocycles. The molecule has 1 aromatic rings. The molecule has 3 aliphatic heterocycles. The summed E-state index contributed by atoms with van der Waals surface area (Å²) in [6.07, 6.45) is 6.79. The third-order valence-electron chi connectivity index (χ3n) is 9.89. The van der Waals surface area contributed by atoms with Crippen LogP contribution < -0.4 is 9.64 Å². The summed E-state index contributed by atoms with van der Waals surface area (Å²) >= 11 is 1.69. The minimum Gasteiger partial charge on any atom is -0.494 e. The Morgan fingerprint density at radius 3 is 2.28 bits per heavy atom. The first kappa shape index (κ1) is 36.1. The molecule has 0 aliphatic carbocycles. The van der Waals surface area contributed by atoms with Gasteiger partial charge in [0.25, 0.3) is 0 Å². The average Bonchev–Trinajstić information content (AvgIpc) is 3.54. The van der Waals surface area contributed by atoms with Gasteiger partial charge in [-0.2, -0.15) is 0 Å². The van der Waals surface area contributed by atoms with E-state index in [-0.39, 0.29) is 29.7 Å². The highest BCUT2D eigenvalue weighted by molar-refractivity contribution is 8.02. The smallest absolute Gasteiger partial charge is 0.247 e. The SMILES string of the molecule is C=CCN(C(=O)[C@@H]1[C@H]2C(=O)N(CCCCO)C(C(=O)N(CC=C)C(C)(C)CC(C)(C)C)C23CC[C@@]1(C)S3)c1ccc(OCC)cc1. The molecule has 254 valence electrons. The standard InChI is InChI=1S/C37H55N3O5S/c1-10-21-38(26-15-17-27(18-16-26)45-12-3)31(42)28-29-32(43)39(23-13-14-24-41)30(37(29)20-19-36(28,9)46-37)33(44)40(22-11-2)35(7,8)25-34(4,5)6/h10-11,15-18,28-30,41H,1-2,12-14,19-25H2,3-9H3/t28-,29-,30?,36+,37?/m0/s1. The summed E-state index contributed by atoms with van der Waals surface area (Å²) in [7, 11) is 0. The van der Waals surface area contributed by atoms with E-state index in [1.807, 2.05) is 36.1 Å². The number of ether oxygens (including phenoxy) is 1. The molecule has 3 aliphatic rings. The molecular weight excluding hydrogens is 598 g/mol. The van der Waals surface area contributed by atoms with Crippen LogP contribution in [0.2, 0.25) is 0 Å². The second kappa shape index (κ2) is 13.8. The maximum Gasteiger partial charge on any atom is 0.247 e. The van der Waals surface area contributed by atoms with Gasteiger partial charge in [0.1, 0.15) is 11.8 Å². The summed E-state index contributed by atoms with van der Waals surface area (Å²) in [5.74, 6) is -0.811. The van der Waals surface area contributed by atoms with Crippen LogP contribution in [0.5, 0.6) is 5.75 Å². The summed E-state index contributed by atoms with van der Waals surface area (Å²) in [4.78, 5) is 49.8. The van der Waals surface area contributed by atoms with Crippen molar-refractivity contribution in [3.63, 3.8) is 0 Å². The van der Waals surface area contributed by atoms with Gasteiger partial charge in [-0.25, -0.2) is 0 Å². The van der Waals surface area contributed by atoms with E-state index in [0.29, 0.717) is 45.5 Å². The van der Waals surface area contributed by atoms with Gasteiger partial charge in [0, 0.05) is 42.2 Å². The van der Waals surface area contributed by atoms with Crippen molar-refractivity contribution in [2.45, 2.75) is 102 Å². The zero-order valence-corrected chi connectivity index (χ0v) is 29.8. The predicted octanol–water partition coefficient (Wildman–Crippen LogP) is 6.09. The lowest BCUT2D eigenvalue weighted by Gasteiger charge is -2.46. The van der Waals surface area contributed by atoms with Crippen molar-refractivity contribution < 1.29 is 24.2 Å². The van der Waals surface area contributed by atoms with E-state index in [0.717, 1.165) is 24.3 Å². The molecule has 2 unspecified atom stereocenters. The Hall–Kier alpha value is -2.78. The zero-order valence-electron chi connectivity index (χ0n) is 29.0. The van der Waals surface area contributed by atoms with Gasteiger partial charge >= 0.3 is 0 Å². The first-order valence-electron chi connectivity index (χ1n) is 16.8. The number of anilines is 1. The quantitative estimate of drug-likeness (QED) is 0.182. The van der Waals surface area contributed by atoms with Crippen LogP contribution in [0.25, 0.3) is 0 Å². The Morgan fingerprint density at radius 2 is 1.72 bits per heavy atom. The van der Waals surface area contributed by atoms with E-state index < -0.39 is 32.9 Å². The number of likely N-dealkylation sites (tertiary alicyclic amines) is 1. The van der Waals surface area contributed by atoms with Gasteiger partial charge in [-0.3, -0.25) is 14.4 Å². The van der Waals surface area contributed by atoms with Crippen molar-refractivity contribution in [1.29, 1.82) is 0 Å². The topological polar surface area (TPSA) is 90.4 Å². The number of hydrogen-bond acceptors (Lipinski definition) is 6. The van der Waals surface area contributed by atoms with Crippen LogP contribution in [0.4, 0.5) is 5.69 Å². The van der Waals surface area contributed by atoms with Crippen LogP contribution in [0.1, 0.15) is 80.6 Å². The third-order valence-corrected chi connectivity index (χ3v) is 11.9. The molecule has 3 heterocycles. The number of hydrogen-bond donors (Lipinski definition) is 1. The lowest BCUT2D eigenvalue weighted by atomic mass is 9.66. The summed E-state index contributed by atoms with van der Waals surface area (Å²) in [6.45, 7) is 24.2. The predicted molar refractivity (Wildman–Crippen MR) is 187 cm³/mol. The number of carbonyl (C=O) groups excluding carboxylic acids is 3. The van der Waals surface area contributed by atoms with Crippen molar-refractivity contribution in [3.8, 4) is 5.75 Å². The molecule has 3 saturated heterocycles. The fraction of sp³-hybridized carbons (Fsp3) is 0.649. The Bertz CT molecular complexity index is 1310. The molecule has 3 fully saturated rings. The highest BCUT2D eigenvalue weighted by Gasteiger charge is 2.77. The van der Waals surface area contributed by atoms with Crippen molar-refractivity contribution >= 4 is 35.2 Å². The molecule has 1 N–H and O–H groups in total. The first-order chi connectivity index (χ1) is 21.6. The number of rotatable bonds is 15. The van der Waals surface area contributed by atoms with Crippen LogP contribution in [0.3, 0.4) is 0 Å². The van der Waals surface area contributed by atoms with Gasteiger partial charge in [0.05, 0.1) is 23.2 Å². The van der Waals surface area contributed by atoms with Gasteiger partial charge in [-0.1, -0.05) is 32.9 Å². The van der Waals surface area contributed by atoms with Crippen LogP contribution in [-0.4, -0.2) is 86.6 Å². The van der Waals surface area contributed by atoms with E-state index >= 15 is 4.79 Å². The summed E-state index contributed by atoms with van der Waals surface area (Å²) in [5, 5.41) is 9.57. The minimum absolute atomic E-state index is 0.0168. The summed E-state index contributed by atoms with van der Waals surface area (Å²) in [5.41, 5.74) is 0.197. The average molecular weight is 654 g/mol. The molecule has 3 amide bonds. The monoisotopic (exact) mass is 653 g/mol. The van der Waals surface area contributed by atoms with Crippen molar-refractivity contribution in [3.05, 3.63) is 49.6 Å². The third kappa shape index (κ3) is 6.64. The Morgan fingerprint density at radius 1 is 1.07 bits per heavy atom. The first-order valence-corrected chi connectivity index (χ1v) is 17.6. The molecule has 2 bridgehead atoms. The molecule has 4 rings (SSSR count). The highest BCUT2D eigenvalue weighted by atomic mass is 32.2. The molecule has 46 heavy (non-hydrogen) atoms. The lowest BCUT2D eigenvalue weighted by Crippen LogP contribution is -2.60. The molecule has 5 atom stereocenters. The van der Waals surface area contributed by atoms with E-state index in [1.54, 1.807) is 33.7 Å². The van der Waals surface area contributed by atoms with E-state index in [9.17, 15) is 14.7 Å². The number of aliphatic hydroxyl groups excluding tert-OH is 1. The number of unbranched alkanes of at least 4 members (excludes halogenated alkanes) is 1. The van der Waals surface area contributed by atoms with E-state index in [2.05, 4.69) is 54.7 Å². The number of benzene rings is 1. The number of thioether (sulfide) groups is 1. The van der Waals surface area contributed by atoms with Crippen LogP contribution in [-0.2, 0) is 14.4 Å². The molecule has 9 heteroatoms. The fourth-order valence-corrected chi connectivity index (χ4v) is 10.9. The van der Waals surface area contributed by atoms with Gasteiger partial charge in [-0.15, -0.1) is 24.9 Å². The maximum atomic E-state index is 15.0. The Labute approximate surface area is 280 Å². The Balaban J connectivity index is 1.78. The largest absolute Gasteiger partial charge is 0.494 e. The van der Waals surface area contributed by atoms with Crippen LogP contribution in [0, 0.1) is 17.3 Å². The fourth-order valence-electron chi connectivity index (χ4n) is 8.53. The van der Waals surface area contributed by atoms with Crippen molar-refractivity contribution in [2.24, 2.45) is 17.3 Å². The van der Waals surface area contributed by atoms with Crippen LogP contribution >= 0.6 is 11.8 Å². The second-order valence-corrected chi connectivity index (χ2v) is 17.0. The number of amides is 3. The molecular formula is C37H55N3O5S. The number of nitrogens with zero attached hydrogens (tertiary/aromatic N) is 3. The molecule has 8 nitrogen and oxygen atoms in total. The highest BCUT2D eigenvalue weighted by Crippen LogP contribution is 2.71. The normalized spacial score (nSPS) is 27.0. The van der Waals surface area contributed by atoms with E-state index in [4.69, 9.17) is 4.74 Å². The summed E-state index contributed by atoms with van der Waals surface area (Å²) in [6, 6.07) is 6.75. The van der Waals surface area contributed by atoms with Crippen LogP contribution in [0.15, 0.2) is 49.6 Å². The van der Waals surface area contributed by atoms with Gasteiger partial charge < -0.3 is 24.5 Å². The van der Waals surface area contributed by atoms with Gasteiger partial charge in [-0.05, 0) is 89.5 Å². The van der Waals surface area contributed by atoms with Gasteiger partial charge in [0.2, 0.25) is 17.7 Å². The van der Waals surface area contributed by atoms with Crippen molar-refractivity contribution in [2.75, 3.05) is 37.7 Å². The number of carbonyl (C=O) groups is 3. The Kier molecular flexibility index (Phi) is 10.8. The molecule has 0 radical (unpaired) electrons. The molecule has 0 aromatic heterocycles. The second-order valence-electron chi connectivity index (χ2n) is 15.1. The van der Waals surface area contributed by atoms with Crippen molar-refractivity contribution in [1.82, 2.24) is 9.80 Å².